The fourth-order valence-electron chi connectivity index (χ4n) is 2.74. The summed E-state index contributed by atoms with van der Waals surface area (Å²) >= 11 is 2.76. The second-order valence-corrected chi connectivity index (χ2v) is 8.38. The summed E-state index contributed by atoms with van der Waals surface area (Å²) in [6.45, 7) is 4.33. The van der Waals surface area contributed by atoms with E-state index in [4.69, 9.17) is 18.9 Å². The zero-order valence-electron chi connectivity index (χ0n) is 18.9. The molecule has 4 aromatic rings. The van der Waals surface area contributed by atoms with Gasteiger partial charge >= 0.3 is 19.5 Å². The minimum absolute atomic E-state index is 0. The van der Waals surface area contributed by atoms with Crippen LogP contribution in [0.1, 0.15) is 33.2 Å². The molecule has 9 heteroatoms. The third kappa shape index (κ3) is 6.76. The van der Waals surface area contributed by atoms with Crippen LogP contribution in [0.15, 0.2) is 36.4 Å². The molecule has 0 aliphatic carbocycles. The Hall–Kier alpha value is -2.48. The van der Waals surface area contributed by atoms with E-state index in [1.165, 1.54) is 22.7 Å². The molecule has 0 N–H and O–H groups in total. The molecule has 0 bridgehead atoms. The minimum Gasteiger partial charge on any atom is -0.507 e. The standard InChI is InChI=1S/2C12H11O3S.Zn/c2*1-3-15-12(13)11-7-8-6-9(14-2)4-5-10(8)16-11;/h2*4-6H,3H2,1-2H3;/q2*-1;+2. The van der Waals surface area contributed by atoms with E-state index in [2.05, 4.69) is 12.1 Å². The Balaban J connectivity index is 0.000000227. The van der Waals surface area contributed by atoms with Gasteiger partial charge in [0, 0.05) is 9.75 Å². The topological polar surface area (TPSA) is 71.1 Å². The van der Waals surface area contributed by atoms with Gasteiger partial charge in [-0.25, -0.2) is 22.7 Å². The fourth-order valence-corrected chi connectivity index (χ4v) is 4.50. The summed E-state index contributed by atoms with van der Waals surface area (Å²) in [5, 5.41) is 1.76. The first-order valence-corrected chi connectivity index (χ1v) is 11.5. The van der Waals surface area contributed by atoms with Crippen LogP contribution >= 0.6 is 22.7 Å². The fraction of sp³-hybridized carbons (Fsp3) is 0.250. The Morgan fingerprint density at radius 1 is 0.758 bits per heavy atom. The summed E-state index contributed by atoms with van der Waals surface area (Å²) < 4.78 is 22.1. The van der Waals surface area contributed by atoms with E-state index < -0.39 is 0 Å². The average molecular weight is 536 g/mol. The summed E-state index contributed by atoms with van der Waals surface area (Å²) in [6, 6.07) is 17.3. The zero-order valence-corrected chi connectivity index (χ0v) is 23.5. The van der Waals surface area contributed by atoms with Crippen molar-refractivity contribution in [3.05, 3.63) is 58.3 Å². The summed E-state index contributed by atoms with van der Waals surface area (Å²) in [4.78, 5) is 24.0. The Labute approximate surface area is 213 Å². The maximum atomic E-state index is 11.5. The molecule has 0 spiro atoms. The number of benzene rings is 2. The Morgan fingerprint density at radius 3 is 1.48 bits per heavy atom. The molecule has 0 fully saturated rings. The SMILES string of the molecule is CCOC(=O)c1[c-]c2cc(OC)ccc2s1.CCOC(=O)c1[c-]c2cc(OC)ccc2s1.[Zn+2]. The van der Waals surface area contributed by atoms with Crippen LogP contribution in [-0.4, -0.2) is 39.4 Å². The van der Waals surface area contributed by atoms with Gasteiger partial charge in [0.25, 0.3) is 11.9 Å². The Morgan fingerprint density at radius 2 is 1.15 bits per heavy atom. The molecule has 4 rings (SSSR count). The molecule has 0 aliphatic rings. The maximum absolute atomic E-state index is 11.5. The number of carbonyl (C=O) groups is 2. The second-order valence-electron chi connectivity index (χ2n) is 6.28. The number of carbonyl (C=O) groups excluding carboxylic acids is 2. The van der Waals surface area contributed by atoms with E-state index >= 15 is 0 Å². The smallest absolute Gasteiger partial charge is 0.507 e. The molecule has 33 heavy (non-hydrogen) atoms. The quantitative estimate of drug-likeness (QED) is 0.177. The number of methoxy groups -OCH3 is 2. The first-order valence-electron chi connectivity index (χ1n) is 9.83. The third-order valence-corrected chi connectivity index (χ3v) is 6.31. The van der Waals surface area contributed by atoms with Crippen molar-refractivity contribution in [3.8, 4) is 11.5 Å². The van der Waals surface area contributed by atoms with Crippen molar-refractivity contribution in [1.29, 1.82) is 0 Å². The van der Waals surface area contributed by atoms with Crippen LogP contribution in [0, 0.1) is 12.1 Å². The number of thiophene rings is 2. The molecular formula is C24H22O6S2Zn. The van der Waals surface area contributed by atoms with E-state index in [0.29, 0.717) is 23.0 Å². The Kier molecular flexibility index (Phi) is 10.3. The number of hydrogen-bond donors (Lipinski definition) is 0. The molecule has 0 saturated carbocycles. The van der Waals surface area contributed by atoms with Crippen LogP contribution < -0.4 is 9.47 Å². The molecule has 0 amide bonds. The van der Waals surface area contributed by atoms with E-state index in [1.807, 2.05) is 36.4 Å². The van der Waals surface area contributed by atoms with E-state index in [0.717, 1.165) is 31.7 Å². The average Bonchev–Trinajstić information content (AvgIpc) is 3.43. The van der Waals surface area contributed by atoms with Crippen molar-refractivity contribution >= 4 is 54.8 Å². The van der Waals surface area contributed by atoms with Gasteiger partial charge in [-0.2, -0.15) is 0 Å². The molecule has 2 aromatic heterocycles. The predicted molar refractivity (Wildman–Crippen MR) is 126 cm³/mol. The maximum Gasteiger partial charge on any atom is 2.00 e. The molecule has 2 aromatic carbocycles. The minimum atomic E-state index is -0.317. The van der Waals surface area contributed by atoms with Gasteiger partial charge in [0.05, 0.1) is 38.9 Å². The summed E-state index contributed by atoms with van der Waals surface area (Å²) in [5.74, 6) is 0.888. The van der Waals surface area contributed by atoms with Crippen LogP contribution in [0.5, 0.6) is 11.5 Å². The molecule has 0 atom stereocenters. The number of hydrogen-bond acceptors (Lipinski definition) is 8. The molecule has 0 aliphatic heterocycles. The van der Waals surface area contributed by atoms with Gasteiger partial charge in [-0.15, -0.1) is 22.9 Å². The largest absolute Gasteiger partial charge is 2.00 e. The van der Waals surface area contributed by atoms with Gasteiger partial charge in [-0.05, 0) is 35.4 Å². The van der Waals surface area contributed by atoms with Crippen LogP contribution in [0.3, 0.4) is 0 Å². The molecular weight excluding hydrogens is 514 g/mol. The van der Waals surface area contributed by atoms with Crippen molar-refractivity contribution in [2.24, 2.45) is 0 Å². The van der Waals surface area contributed by atoms with Crippen molar-refractivity contribution in [2.45, 2.75) is 13.8 Å². The predicted octanol–water partition coefficient (Wildman–Crippen LogP) is 5.77. The van der Waals surface area contributed by atoms with Crippen molar-refractivity contribution in [3.63, 3.8) is 0 Å². The molecule has 0 unspecified atom stereocenters. The molecule has 168 valence electrons. The van der Waals surface area contributed by atoms with E-state index in [-0.39, 0.29) is 31.4 Å². The monoisotopic (exact) mass is 534 g/mol. The molecule has 0 radical (unpaired) electrons. The number of rotatable bonds is 6. The van der Waals surface area contributed by atoms with Crippen molar-refractivity contribution in [2.75, 3.05) is 27.4 Å². The first-order chi connectivity index (χ1) is 15.5. The zero-order chi connectivity index (χ0) is 23.1. The number of ether oxygens (including phenoxy) is 4. The number of fused-ring (bicyclic) bond motifs is 2. The van der Waals surface area contributed by atoms with Gasteiger partial charge < -0.3 is 28.5 Å². The van der Waals surface area contributed by atoms with Gasteiger partial charge in [-0.1, -0.05) is 24.3 Å². The van der Waals surface area contributed by atoms with Crippen LogP contribution in [0.25, 0.3) is 20.2 Å². The third-order valence-electron chi connectivity index (χ3n) is 4.22. The molecule has 0 saturated heterocycles. The van der Waals surface area contributed by atoms with Gasteiger partial charge in [-0.3, -0.25) is 0 Å². The van der Waals surface area contributed by atoms with E-state index in [1.54, 1.807) is 28.1 Å². The molecule has 6 nitrogen and oxygen atoms in total. The summed E-state index contributed by atoms with van der Waals surface area (Å²) in [5.41, 5.74) is 0. The first kappa shape index (κ1) is 26.8. The number of esters is 2. The van der Waals surface area contributed by atoms with Crippen LogP contribution in [0.4, 0.5) is 0 Å². The summed E-state index contributed by atoms with van der Waals surface area (Å²) in [7, 11) is 3.22. The van der Waals surface area contributed by atoms with E-state index in [9.17, 15) is 9.59 Å². The Bertz CT molecular complexity index is 1130. The summed E-state index contributed by atoms with van der Waals surface area (Å²) in [6.07, 6.45) is 0. The molecule has 2 heterocycles. The van der Waals surface area contributed by atoms with Gasteiger partial charge in [0.2, 0.25) is 0 Å². The second kappa shape index (κ2) is 12.7. The van der Waals surface area contributed by atoms with Crippen molar-refractivity contribution < 1.29 is 48.0 Å². The van der Waals surface area contributed by atoms with Crippen LogP contribution in [0.2, 0.25) is 0 Å². The van der Waals surface area contributed by atoms with Gasteiger partial charge in [0.15, 0.2) is 0 Å². The normalized spacial score (nSPS) is 10.1. The van der Waals surface area contributed by atoms with Crippen molar-refractivity contribution in [1.82, 2.24) is 0 Å². The van der Waals surface area contributed by atoms with Crippen LogP contribution in [-0.2, 0) is 29.0 Å². The van der Waals surface area contributed by atoms with Gasteiger partial charge in [0.1, 0.15) is 0 Å².